The summed E-state index contributed by atoms with van der Waals surface area (Å²) in [5, 5.41) is 0. The van der Waals surface area contributed by atoms with Crippen LogP contribution in [0.25, 0.3) is 5.78 Å². The maximum absolute atomic E-state index is 4.48. The molecular formula is C12H15N3. The summed E-state index contributed by atoms with van der Waals surface area (Å²) in [4.78, 5) is 8.88. The van der Waals surface area contributed by atoms with Gasteiger partial charge in [-0.1, -0.05) is 13.8 Å². The van der Waals surface area contributed by atoms with Crippen LogP contribution in [0.4, 0.5) is 0 Å². The van der Waals surface area contributed by atoms with Crippen LogP contribution in [0.2, 0.25) is 0 Å². The van der Waals surface area contributed by atoms with Crippen molar-refractivity contribution in [1.82, 2.24) is 14.4 Å². The normalized spacial score (nSPS) is 16.5. The molecule has 0 N–H and O–H groups in total. The van der Waals surface area contributed by atoms with Crippen molar-refractivity contribution in [2.24, 2.45) is 0 Å². The van der Waals surface area contributed by atoms with E-state index in [1.165, 1.54) is 18.4 Å². The number of nitrogens with zero attached hydrogens (tertiary/aromatic N) is 3. The predicted octanol–water partition coefficient (Wildman–Crippen LogP) is 2.73. The van der Waals surface area contributed by atoms with E-state index in [1.54, 1.807) is 0 Å². The molecule has 3 rings (SSSR count). The molecule has 2 heterocycles. The molecule has 0 atom stereocenters. The van der Waals surface area contributed by atoms with Gasteiger partial charge in [-0.3, -0.25) is 4.40 Å². The van der Waals surface area contributed by atoms with Crippen LogP contribution in [0, 0.1) is 0 Å². The Balaban J connectivity index is 2.09. The Bertz CT molecular complexity index is 495. The summed E-state index contributed by atoms with van der Waals surface area (Å²) >= 11 is 0. The van der Waals surface area contributed by atoms with E-state index < -0.39 is 0 Å². The average molecular weight is 201 g/mol. The van der Waals surface area contributed by atoms with Gasteiger partial charge in [0.05, 0.1) is 5.69 Å². The van der Waals surface area contributed by atoms with Gasteiger partial charge >= 0.3 is 0 Å². The van der Waals surface area contributed by atoms with E-state index >= 15 is 0 Å². The molecule has 0 amide bonds. The summed E-state index contributed by atoms with van der Waals surface area (Å²) in [6.45, 7) is 4.31. The molecule has 1 fully saturated rings. The van der Waals surface area contributed by atoms with Gasteiger partial charge < -0.3 is 0 Å². The summed E-state index contributed by atoms with van der Waals surface area (Å²) in [6, 6.07) is 0. The minimum Gasteiger partial charge on any atom is -0.291 e. The second-order valence-corrected chi connectivity index (χ2v) is 4.69. The lowest BCUT2D eigenvalue weighted by atomic mass is 10.2. The van der Waals surface area contributed by atoms with Gasteiger partial charge in [-0.15, -0.1) is 0 Å². The molecule has 3 heteroatoms. The smallest absolute Gasteiger partial charge is 0.233 e. The summed E-state index contributed by atoms with van der Waals surface area (Å²) in [6.07, 6.45) is 8.89. The molecule has 1 aliphatic rings. The van der Waals surface area contributed by atoms with Crippen LogP contribution in [0.1, 0.15) is 49.8 Å². The van der Waals surface area contributed by atoms with Gasteiger partial charge in [0.15, 0.2) is 0 Å². The summed E-state index contributed by atoms with van der Waals surface area (Å²) in [5.74, 6) is 2.05. The van der Waals surface area contributed by atoms with Crippen molar-refractivity contribution in [3.05, 3.63) is 29.8 Å². The van der Waals surface area contributed by atoms with Crippen LogP contribution in [-0.4, -0.2) is 14.4 Å². The molecular weight excluding hydrogens is 186 g/mol. The molecule has 0 aromatic carbocycles. The quantitative estimate of drug-likeness (QED) is 0.747. The number of hydrogen-bond donors (Lipinski definition) is 0. The van der Waals surface area contributed by atoms with Crippen molar-refractivity contribution in [3.63, 3.8) is 0 Å². The fourth-order valence-electron chi connectivity index (χ4n) is 1.82. The van der Waals surface area contributed by atoms with Crippen LogP contribution in [0.15, 0.2) is 18.6 Å². The molecule has 1 saturated carbocycles. The first kappa shape index (κ1) is 8.89. The van der Waals surface area contributed by atoms with E-state index in [4.69, 9.17) is 0 Å². The summed E-state index contributed by atoms with van der Waals surface area (Å²) < 4.78 is 2.06. The van der Waals surface area contributed by atoms with Crippen LogP contribution >= 0.6 is 0 Å². The van der Waals surface area contributed by atoms with Crippen molar-refractivity contribution in [1.29, 1.82) is 0 Å². The minimum atomic E-state index is 0.469. The Morgan fingerprint density at radius 1 is 1.33 bits per heavy atom. The highest BCUT2D eigenvalue weighted by molar-refractivity contribution is 5.34. The van der Waals surface area contributed by atoms with E-state index in [9.17, 15) is 0 Å². The fourth-order valence-corrected chi connectivity index (χ4v) is 1.82. The zero-order valence-corrected chi connectivity index (χ0v) is 9.14. The molecule has 0 radical (unpaired) electrons. The van der Waals surface area contributed by atoms with E-state index in [0.29, 0.717) is 5.92 Å². The number of hydrogen-bond acceptors (Lipinski definition) is 2. The summed E-state index contributed by atoms with van der Waals surface area (Å²) in [7, 11) is 0. The molecule has 2 aromatic rings. The zero-order chi connectivity index (χ0) is 10.4. The highest BCUT2D eigenvalue weighted by Crippen LogP contribution is 2.39. The van der Waals surface area contributed by atoms with Crippen molar-refractivity contribution in [2.75, 3.05) is 0 Å². The SMILES string of the molecule is CC(C)c1cn2cc(C3CC3)cnc2n1. The average Bonchev–Trinajstić information content (AvgIpc) is 2.96. The molecule has 0 unspecified atom stereocenters. The van der Waals surface area contributed by atoms with Gasteiger partial charge in [0, 0.05) is 18.6 Å². The van der Waals surface area contributed by atoms with E-state index in [2.05, 4.69) is 40.6 Å². The lowest BCUT2D eigenvalue weighted by molar-refractivity contribution is 0.833. The Labute approximate surface area is 89.2 Å². The Morgan fingerprint density at radius 3 is 2.80 bits per heavy atom. The first-order chi connectivity index (χ1) is 7.24. The lowest BCUT2D eigenvalue weighted by Crippen LogP contribution is -1.90. The molecule has 15 heavy (non-hydrogen) atoms. The van der Waals surface area contributed by atoms with E-state index in [0.717, 1.165) is 17.4 Å². The zero-order valence-electron chi connectivity index (χ0n) is 9.14. The number of imidazole rings is 1. The van der Waals surface area contributed by atoms with Crippen molar-refractivity contribution >= 4 is 5.78 Å². The highest BCUT2D eigenvalue weighted by Gasteiger charge is 2.24. The third-order valence-electron chi connectivity index (χ3n) is 2.99. The van der Waals surface area contributed by atoms with Crippen LogP contribution in [0.5, 0.6) is 0 Å². The molecule has 0 aliphatic heterocycles. The van der Waals surface area contributed by atoms with Crippen molar-refractivity contribution in [3.8, 4) is 0 Å². The molecule has 0 bridgehead atoms. The Kier molecular flexibility index (Phi) is 1.81. The number of rotatable bonds is 2. The van der Waals surface area contributed by atoms with Crippen LogP contribution in [-0.2, 0) is 0 Å². The van der Waals surface area contributed by atoms with E-state index in [1.807, 2.05) is 6.20 Å². The van der Waals surface area contributed by atoms with Gasteiger partial charge in [-0.05, 0) is 30.2 Å². The predicted molar refractivity (Wildman–Crippen MR) is 59.1 cm³/mol. The molecule has 2 aromatic heterocycles. The largest absolute Gasteiger partial charge is 0.291 e. The first-order valence-electron chi connectivity index (χ1n) is 5.58. The third kappa shape index (κ3) is 1.52. The van der Waals surface area contributed by atoms with Gasteiger partial charge in [-0.2, -0.15) is 0 Å². The number of fused-ring (bicyclic) bond motifs is 1. The van der Waals surface area contributed by atoms with Crippen molar-refractivity contribution in [2.45, 2.75) is 38.5 Å². The van der Waals surface area contributed by atoms with Crippen LogP contribution in [0.3, 0.4) is 0 Å². The van der Waals surface area contributed by atoms with Gasteiger partial charge in [0.25, 0.3) is 0 Å². The maximum atomic E-state index is 4.48. The van der Waals surface area contributed by atoms with Gasteiger partial charge in [0.2, 0.25) is 5.78 Å². The molecule has 0 saturated heterocycles. The van der Waals surface area contributed by atoms with Gasteiger partial charge in [0.1, 0.15) is 0 Å². The third-order valence-corrected chi connectivity index (χ3v) is 2.99. The number of aromatic nitrogens is 3. The first-order valence-corrected chi connectivity index (χ1v) is 5.58. The maximum Gasteiger partial charge on any atom is 0.233 e. The monoisotopic (exact) mass is 201 g/mol. The topological polar surface area (TPSA) is 30.2 Å². The standard InChI is InChI=1S/C12H15N3/c1-8(2)11-7-15-6-10(9-3-4-9)5-13-12(15)14-11/h5-9H,3-4H2,1-2H3. The second kappa shape index (κ2) is 3.05. The van der Waals surface area contributed by atoms with E-state index in [-0.39, 0.29) is 0 Å². The molecule has 1 aliphatic carbocycles. The Hall–Kier alpha value is -1.38. The molecule has 78 valence electrons. The molecule has 3 nitrogen and oxygen atoms in total. The van der Waals surface area contributed by atoms with Crippen LogP contribution < -0.4 is 0 Å². The fraction of sp³-hybridized carbons (Fsp3) is 0.500. The second-order valence-electron chi connectivity index (χ2n) is 4.69. The minimum absolute atomic E-state index is 0.469. The summed E-state index contributed by atoms with van der Waals surface area (Å²) in [5.41, 5.74) is 2.48. The van der Waals surface area contributed by atoms with Gasteiger partial charge in [-0.25, -0.2) is 9.97 Å². The van der Waals surface area contributed by atoms with Crippen molar-refractivity contribution < 1.29 is 0 Å². The Morgan fingerprint density at radius 2 is 2.13 bits per heavy atom. The molecule has 0 spiro atoms. The highest BCUT2D eigenvalue weighted by atomic mass is 15.1. The lowest BCUT2D eigenvalue weighted by Gasteiger charge is -1.97.